The Morgan fingerprint density at radius 2 is 0.657 bits per heavy atom. The Bertz CT molecular complexity index is 4060. The summed E-state index contributed by atoms with van der Waals surface area (Å²) in [6.45, 7) is 33.0. The second-order valence-corrected chi connectivity index (χ2v) is 25.1. The number of hydrogen-bond acceptors (Lipinski definition) is 0. The molecule has 0 heteroatoms. The van der Waals surface area contributed by atoms with E-state index in [2.05, 4.69) is 243 Å². The van der Waals surface area contributed by atoms with E-state index in [-0.39, 0.29) is 21.7 Å². The van der Waals surface area contributed by atoms with Gasteiger partial charge in [0.15, 0.2) is 0 Å². The van der Waals surface area contributed by atoms with Gasteiger partial charge in [-0.3, -0.25) is 0 Å². The summed E-state index contributed by atoms with van der Waals surface area (Å²) < 4.78 is 0. The predicted molar refractivity (Wildman–Crippen MR) is 309 cm³/mol. The third-order valence-electron chi connectivity index (χ3n) is 16.1. The van der Waals surface area contributed by atoms with Crippen LogP contribution in [0.3, 0.4) is 0 Å². The average Bonchev–Trinajstić information content (AvgIpc) is 3.79. The van der Waals surface area contributed by atoms with Crippen molar-refractivity contribution in [2.24, 2.45) is 0 Å². The molecule has 0 aromatic heterocycles. The van der Waals surface area contributed by atoms with Gasteiger partial charge >= 0.3 is 0 Å². The molecule has 0 atom stereocenters. The minimum atomic E-state index is -0.0610. The maximum Gasteiger partial charge on any atom is -0.000740 e. The number of benzene rings is 10. The lowest BCUT2D eigenvalue weighted by Crippen LogP contribution is -2.16. The van der Waals surface area contributed by atoms with E-state index in [4.69, 9.17) is 0 Å². The van der Waals surface area contributed by atoms with Crippen LogP contribution in [-0.2, 0) is 21.7 Å². The standard InChI is InChI=1S/C70H66/c1-39-20-17-21-40(2)60(39)52-28-29-54-64-50(52)25-19-27-53(64)65-61(42-30-44(67(3,4)5)35-45(31-42)68(6,7)8)59-38-56-55(51-26-18-24-49-48-23-16-15-22-41(48)34-57(56)63(49)51)37-58(59)62(66(54)65)43-32-46(69(9,10)11)36-47(33-43)70(12,13)14/h15-38H,1-14H3. The number of rotatable bonds is 3. The van der Waals surface area contributed by atoms with Crippen molar-refractivity contribution >= 4 is 86.2 Å². The first-order valence-electron chi connectivity index (χ1n) is 25.7. The summed E-state index contributed by atoms with van der Waals surface area (Å²) in [4.78, 5) is 0. The van der Waals surface area contributed by atoms with Crippen molar-refractivity contribution in [1.29, 1.82) is 0 Å². The van der Waals surface area contributed by atoms with Crippen molar-refractivity contribution < 1.29 is 0 Å². The second-order valence-electron chi connectivity index (χ2n) is 25.1. The monoisotopic (exact) mass is 907 g/mol. The van der Waals surface area contributed by atoms with Crippen molar-refractivity contribution in [3.05, 3.63) is 179 Å². The maximum absolute atomic E-state index is 2.62. The molecule has 0 saturated heterocycles. The van der Waals surface area contributed by atoms with Gasteiger partial charge in [0.2, 0.25) is 0 Å². The first kappa shape index (κ1) is 44.4. The molecule has 12 rings (SSSR count). The van der Waals surface area contributed by atoms with Crippen molar-refractivity contribution in [3.63, 3.8) is 0 Å². The zero-order valence-corrected chi connectivity index (χ0v) is 43.9. The van der Waals surface area contributed by atoms with Crippen LogP contribution in [0.25, 0.3) is 120 Å². The van der Waals surface area contributed by atoms with Gasteiger partial charge in [0.1, 0.15) is 0 Å². The lowest BCUT2D eigenvalue weighted by molar-refractivity contribution is 0.568. The van der Waals surface area contributed by atoms with Gasteiger partial charge < -0.3 is 0 Å². The Morgan fingerprint density at radius 3 is 1.17 bits per heavy atom. The largest absolute Gasteiger partial charge is 0.0617 e. The Balaban J connectivity index is 1.39. The summed E-state index contributed by atoms with van der Waals surface area (Å²) in [6.07, 6.45) is 0. The molecule has 0 heterocycles. The molecule has 0 saturated carbocycles. The summed E-state index contributed by atoms with van der Waals surface area (Å²) >= 11 is 0. The van der Waals surface area contributed by atoms with Crippen LogP contribution in [0, 0.1) is 13.8 Å². The zero-order valence-electron chi connectivity index (χ0n) is 43.9. The van der Waals surface area contributed by atoms with E-state index in [0.29, 0.717) is 0 Å². The third kappa shape index (κ3) is 6.62. The highest BCUT2D eigenvalue weighted by Crippen LogP contribution is 2.55. The van der Waals surface area contributed by atoms with E-state index in [0.717, 1.165) is 0 Å². The number of fused-ring (bicyclic) bond motifs is 9. The second kappa shape index (κ2) is 14.9. The Labute approximate surface area is 415 Å². The van der Waals surface area contributed by atoms with Gasteiger partial charge in [0, 0.05) is 0 Å². The molecule has 0 fully saturated rings. The van der Waals surface area contributed by atoms with Gasteiger partial charge in [-0.05, 0) is 207 Å². The molecule has 0 aliphatic carbocycles. The van der Waals surface area contributed by atoms with Crippen molar-refractivity contribution in [1.82, 2.24) is 0 Å². The van der Waals surface area contributed by atoms with Crippen LogP contribution in [0.15, 0.2) is 146 Å². The van der Waals surface area contributed by atoms with Crippen molar-refractivity contribution in [2.45, 2.75) is 119 Å². The molecule has 0 amide bonds. The normalized spacial score (nSPS) is 13.3. The van der Waals surface area contributed by atoms with Gasteiger partial charge in [-0.2, -0.15) is 0 Å². The van der Waals surface area contributed by atoms with E-state index in [1.807, 2.05) is 0 Å². The topological polar surface area (TPSA) is 0 Å². The summed E-state index contributed by atoms with van der Waals surface area (Å²) in [5.74, 6) is 0. The first-order chi connectivity index (χ1) is 33.1. The van der Waals surface area contributed by atoms with E-state index < -0.39 is 0 Å². The number of aryl methyl sites for hydroxylation is 2. The smallest absolute Gasteiger partial charge is 0.000740 e. The van der Waals surface area contributed by atoms with Crippen molar-refractivity contribution in [2.75, 3.05) is 0 Å². The highest BCUT2D eigenvalue weighted by atomic mass is 14.3. The minimum Gasteiger partial charge on any atom is -0.0617 e. The molecule has 0 N–H and O–H groups in total. The highest BCUT2D eigenvalue weighted by molar-refractivity contribution is 6.43. The molecule has 70 heavy (non-hydrogen) atoms. The van der Waals surface area contributed by atoms with Crippen LogP contribution in [0.4, 0.5) is 0 Å². The van der Waals surface area contributed by atoms with Gasteiger partial charge in [-0.25, -0.2) is 0 Å². The first-order valence-corrected chi connectivity index (χ1v) is 25.7. The van der Waals surface area contributed by atoms with Gasteiger partial charge in [-0.15, -0.1) is 0 Å². The highest BCUT2D eigenvalue weighted by Gasteiger charge is 2.30. The average molecular weight is 907 g/mol. The molecule has 346 valence electrons. The molecule has 0 radical (unpaired) electrons. The Kier molecular flexibility index (Phi) is 9.45. The fourth-order valence-electron chi connectivity index (χ4n) is 12.3. The molecule has 12 aromatic rings. The fourth-order valence-corrected chi connectivity index (χ4v) is 12.3. The molecular formula is C70H66. The van der Waals surface area contributed by atoms with Crippen LogP contribution in [0.1, 0.15) is 116 Å². The van der Waals surface area contributed by atoms with Gasteiger partial charge in [0.25, 0.3) is 0 Å². The van der Waals surface area contributed by atoms with Crippen LogP contribution in [-0.4, -0.2) is 0 Å². The molecule has 0 aliphatic rings. The molecule has 0 unspecified atom stereocenters. The fraction of sp³-hybridized carbons (Fsp3) is 0.257. The predicted octanol–water partition coefficient (Wildman–Crippen LogP) is 20.6. The summed E-state index contributed by atoms with van der Waals surface area (Å²) in [5, 5.41) is 21.3. The Morgan fingerprint density at radius 1 is 0.257 bits per heavy atom. The molecule has 12 aromatic carbocycles. The van der Waals surface area contributed by atoms with Crippen LogP contribution in [0.5, 0.6) is 0 Å². The van der Waals surface area contributed by atoms with Crippen LogP contribution < -0.4 is 0 Å². The van der Waals surface area contributed by atoms with E-state index >= 15 is 0 Å². The van der Waals surface area contributed by atoms with E-state index in [1.165, 1.54) is 153 Å². The van der Waals surface area contributed by atoms with Gasteiger partial charge in [0.05, 0.1) is 0 Å². The lowest BCUT2D eigenvalue weighted by Gasteiger charge is -2.28. The van der Waals surface area contributed by atoms with Crippen LogP contribution >= 0.6 is 0 Å². The maximum atomic E-state index is 2.62. The third-order valence-corrected chi connectivity index (χ3v) is 16.1. The molecule has 0 nitrogen and oxygen atoms in total. The quantitative estimate of drug-likeness (QED) is 0.155. The minimum absolute atomic E-state index is 0.0600. The molecule has 0 aliphatic heterocycles. The summed E-state index contributed by atoms with van der Waals surface area (Å²) in [5.41, 5.74) is 15.7. The Hall–Kier alpha value is -6.76. The zero-order chi connectivity index (χ0) is 49.1. The SMILES string of the molecule is Cc1cccc(C)c1-c1ccc2c3c(-c4cc(C(C)(C)C)cc(C(C)(C)C)c4)c4cc5c(cc4c(-c4cc(C(C)(C)C)cc(C(C)(C)C)c4)c3c3cccc1c23)c1cc2ccccc2c2cccc5c21. The molecule has 0 spiro atoms. The van der Waals surface area contributed by atoms with E-state index in [9.17, 15) is 0 Å². The lowest BCUT2D eigenvalue weighted by atomic mass is 9.76. The molecular weight excluding hydrogens is 841 g/mol. The van der Waals surface area contributed by atoms with Crippen molar-refractivity contribution in [3.8, 4) is 33.4 Å². The summed E-state index contributed by atoms with van der Waals surface area (Å²) in [7, 11) is 0. The summed E-state index contributed by atoms with van der Waals surface area (Å²) in [6, 6.07) is 57.6. The van der Waals surface area contributed by atoms with Crippen LogP contribution in [0.2, 0.25) is 0 Å². The molecule has 0 bridgehead atoms. The van der Waals surface area contributed by atoms with Gasteiger partial charge in [-0.1, -0.05) is 210 Å². The number of hydrogen-bond donors (Lipinski definition) is 0. The van der Waals surface area contributed by atoms with E-state index in [1.54, 1.807) is 0 Å².